The lowest BCUT2D eigenvalue weighted by Gasteiger charge is -2.40. The number of rotatable bonds is 10. The Morgan fingerprint density at radius 1 is 0.714 bits per heavy atom. The molecular formula is C44H58O5. The zero-order valence-electron chi connectivity index (χ0n) is 32.0. The molecule has 0 unspecified atom stereocenters. The summed E-state index contributed by atoms with van der Waals surface area (Å²) in [7, 11) is 0. The van der Waals surface area contributed by atoms with Crippen LogP contribution in [-0.4, -0.2) is 35.3 Å². The minimum absolute atomic E-state index is 0.0751. The van der Waals surface area contributed by atoms with Gasteiger partial charge in [-0.3, -0.25) is 9.59 Å². The van der Waals surface area contributed by atoms with Crippen LogP contribution in [0.3, 0.4) is 0 Å². The number of carbonyl (C=O) groups is 2. The summed E-state index contributed by atoms with van der Waals surface area (Å²) in [6, 6.07) is 0. The molecule has 264 valence electrons. The van der Waals surface area contributed by atoms with Crippen molar-refractivity contribution < 1.29 is 23.8 Å². The smallest absolute Gasteiger partial charge is 0.302 e. The van der Waals surface area contributed by atoms with Gasteiger partial charge in [-0.05, 0) is 66.0 Å². The summed E-state index contributed by atoms with van der Waals surface area (Å²) in [6.45, 7) is 24.2. The van der Waals surface area contributed by atoms with Crippen molar-refractivity contribution in [3.63, 3.8) is 0 Å². The summed E-state index contributed by atoms with van der Waals surface area (Å²) in [4.78, 5) is 22.9. The summed E-state index contributed by atoms with van der Waals surface area (Å²) in [5, 5.41) is 0. The van der Waals surface area contributed by atoms with Crippen molar-refractivity contribution in [2.45, 2.75) is 132 Å². The third-order valence-electron chi connectivity index (χ3n) is 9.75. The van der Waals surface area contributed by atoms with E-state index in [1.165, 1.54) is 19.4 Å². The van der Waals surface area contributed by atoms with Crippen LogP contribution < -0.4 is 0 Å². The van der Waals surface area contributed by atoms with E-state index in [2.05, 4.69) is 123 Å². The van der Waals surface area contributed by atoms with Crippen LogP contribution in [0.2, 0.25) is 0 Å². The van der Waals surface area contributed by atoms with Crippen molar-refractivity contribution in [1.82, 2.24) is 0 Å². The van der Waals surface area contributed by atoms with Crippen LogP contribution in [0.25, 0.3) is 0 Å². The third kappa shape index (κ3) is 10.8. The molecule has 0 radical (unpaired) electrons. The Morgan fingerprint density at radius 3 is 1.80 bits per heavy atom. The quantitative estimate of drug-likeness (QED) is 0.100. The van der Waals surface area contributed by atoms with Gasteiger partial charge in [-0.15, -0.1) is 0 Å². The van der Waals surface area contributed by atoms with Crippen molar-refractivity contribution in [3.8, 4) is 11.8 Å². The van der Waals surface area contributed by atoms with Crippen LogP contribution in [0.15, 0.2) is 106 Å². The van der Waals surface area contributed by atoms with Gasteiger partial charge in [0.2, 0.25) is 0 Å². The minimum atomic E-state index is -0.344. The molecule has 2 aliphatic carbocycles. The molecule has 0 amide bonds. The van der Waals surface area contributed by atoms with Gasteiger partial charge in [0.1, 0.15) is 23.4 Å². The Balaban J connectivity index is 1.52. The van der Waals surface area contributed by atoms with Gasteiger partial charge in [0.25, 0.3) is 0 Å². The molecule has 0 aromatic rings. The highest BCUT2D eigenvalue weighted by atomic mass is 16.6. The molecule has 1 aliphatic heterocycles. The predicted molar refractivity (Wildman–Crippen MR) is 201 cm³/mol. The van der Waals surface area contributed by atoms with Crippen molar-refractivity contribution in [1.29, 1.82) is 0 Å². The van der Waals surface area contributed by atoms with E-state index in [0.717, 1.165) is 53.5 Å². The lowest BCUT2D eigenvalue weighted by Crippen LogP contribution is -2.47. The average Bonchev–Trinajstić information content (AvgIpc) is 3.58. The van der Waals surface area contributed by atoms with Gasteiger partial charge in [-0.25, -0.2) is 0 Å². The maximum atomic E-state index is 11.5. The third-order valence-corrected chi connectivity index (χ3v) is 9.75. The SMILES string of the molecule is CC(=O)O[C@@H]1CC(C)=C(C#C/C(C)=C/C=C/C(C)=C\C=C\C=C(C)\C=C\C=C(C)\C=C\[C@]23O[C@@]2(C)C[C@@H](OC(C)=O)CC3(C)C)C(C)(C)C1. The van der Waals surface area contributed by atoms with Gasteiger partial charge in [0.15, 0.2) is 0 Å². The second-order valence-electron chi connectivity index (χ2n) is 15.5. The Labute approximate surface area is 296 Å². The molecule has 0 bridgehead atoms. The highest BCUT2D eigenvalue weighted by Gasteiger charge is 2.75. The largest absolute Gasteiger partial charge is 0.462 e. The number of hydrogen-bond donors (Lipinski definition) is 0. The van der Waals surface area contributed by atoms with Crippen LogP contribution in [0, 0.1) is 22.7 Å². The van der Waals surface area contributed by atoms with Gasteiger partial charge >= 0.3 is 11.9 Å². The zero-order valence-corrected chi connectivity index (χ0v) is 32.0. The van der Waals surface area contributed by atoms with E-state index in [1.807, 2.05) is 31.2 Å². The van der Waals surface area contributed by atoms with Gasteiger partial charge in [-0.2, -0.15) is 0 Å². The monoisotopic (exact) mass is 666 g/mol. The van der Waals surface area contributed by atoms with E-state index >= 15 is 0 Å². The minimum Gasteiger partial charge on any atom is -0.462 e. The number of carbonyl (C=O) groups excluding carboxylic acids is 2. The summed E-state index contributed by atoms with van der Waals surface area (Å²) in [6.07, 6.45) is 27.9. The van der Waals surface area contributed by atoms with Gasteiger partial charge in [0.05, 0.1) is 0 Å². The van der Waals surface area contributed by atoms with Gasteiger partial charge < -0.3 is 14.2 Å². The molecule has 3 rings (SSSR count). The second kappa shape index (κ2) is 16.2. The maximum absolute atomic E-state index is 11.5. The Morgan fingerprint density at radius 2 is 1.24 bits per heavy atom. The first-order chi connectivity index (χ1) is 22.8. The summed E-state index contributed by atoms with van der Waals surface area (Å²) >= 11 is 0. The Kier molecular flexibility index (Phi) is 13.1. The second-order valence-corrected chi connectivity index (χ2v) is 15.5. The van der Waals surface area contributed by atoms with E-state index in [-0.39, 0.29) is 46.2 Å². The summed E-state index contributed by atoms with van der Waals surface area (Å²) in [5.74, 6) is 6.26. The predicted octanol–water partition coefficient (Wildman–Crippen LogP) is 10.3. The van der Waals surface area contributed by atoms with E-state index < -0.39 is 0 Å². The van der Waals surface area contributed by atoms with Gasteiger partial charge in [0, 0.05) is 43.1 Å². The molecule has 49 heavy (non-hydrogen) atoms. The van der Waals surface area contributed by atoms with Crippen molar-refractivity contribution >= 4 is 11.9 Å². The summed E-state index contributed by atoms with van der Waals surface area (Å²) in [5.41, 5.74) is 5.84. The number of allylic oxidation sites excluding steroid dienone is 16. The van der Waals surface area contributed by atoms with Crippen LogP contribution in [-0.2, 0) is 23.8 Å². The lowest BCUT2D eigenvalue weighted by atomic mass is 9.63. The van der Waals surface area contributed by atoms with Crippen LogP contribution >= 0.6 is 0 Å². The highest BCUT2D eigenvalue weighted by molar-refractivity contribution is 5.66. The van der Waals surface area contributed by atoms with Crippen molar-refractivity contribution in [3.05, 3.63) is 106 Å². The Hall–Kier alpha value is -3.88. The number of esters is 2. The van der Waals surface area contributed by atoms with E-state index in [4.69, 9.17) is 14.2 Å². The van der Waals surface area contributed by atoms with Crippen LogP contribution in [0.4, 0.5) is 0 Å². The number of epoxide rings is 1. The maximum Gasteiger partial charge on any atom is 0.302 e. The first-order valence-electron chi connectivity index (χ1n) is 17.5. The fourth-order valence-corrected chi connectivity index (χ4v) is 7.45. The van der Waals surface area contributed by atoms with Crippen LogP contribution in [0.1, 0.15) is 109 Å². The number of fused-ring (bicyclic) bond motifs is 1. The first kappa shape index (κ1) is 39.6. The van der Waals surface area contributed by atoms with E-state index in [1.54, 1.807) is 0 Å². The molecule has 0 aromatic carbocycles. The normalized spacial score (nSPS) is 29.0. The fraction of sp³-hybridized carbons (Fsp3) is 0.500. The molecule has 0 aromatic heterocycles. The van der Waals surface area contributed by atoms with Crippen LogP contribution in [0.5, 0.6) is 0 Å². The molecule has 5 heteroatoms. The van der Waals surface area contributed by atoms with Crippen molar-refractivity contribution in [2.75, 3.05) is 0 Å². The fourth-order valence-electron chi connectivity index (χ4n) is 7.45. The molecule has 1 heterocycles. The lowest BCUT2D eigenvalue weighted by molar-refractivity contribution is -0.150. The molecule has 2 fully saturated rings. The molecule has 0 spiro atoms. The average molecular weight is 667 g/mol. The molecule has 3 aliphatic rings. The topological polar surface area (TPSA) is 65.1 Å². The number of hydrogen-bond acceptors (Lipinski definition) is 5. The standard InChI is InChI=1S/C44H58O5/c1-31(19-15-21-33(3)23-24-40-35(5)27-38(47-36(6)45)28-41(40,8)9)17-13-14-18-32(2)20-16-22-34(4)25-26-44-42(10,11)29-39(48-37(7)46)30-43(44,12)49-44/h13-22,25-26,38-39H,27-30H2,1-12H3/b14-13+,19-15+,20-16+,26-25+,31-17-,32-18+,33-21+,34-22+/t38-,39+,43+,44-/m1/s1. The summed E-state index contributed by atoms with van der Waals surface area (Å²) < 4.78 is 17.4. The molecule has 1 saturated heterocycles. The molecule has 0 N–H and O–H groups in total. The molecule has 1 saturated carbocycles. The first-order valence-corrected chi connectivity index (χ1v) is 17.5. The molecule has 5 nitrogen and oxygen atoms in total. The highest BCUT2D eigenvalue weighted by Crippen LogP contribution is 2.66. The van der Waals surface area contributed by atoms with Gasteiger partial charge in [-0.1, -0.05) is 129 Å². The molecule has 4 atom stereocenters. The van der Waals surface area contributed by atoms with E-state index in [0.29, 0.717) is 0 Å². The molecular weight excluding hydrogens is 608 g/mol. The van der Waals surface area contributed by atoms with Crippen molar-refractivity contribution in [2.24, 2.45) is 10.8 Å². The zero-order chi connectivity index (χ0) is 36.6. The van der Waals surface area contributed by atoms with E-state index in [9.17, 15) is 9.59 Å². The Bertz CT molecular complexity index is 1620. The number of ether oxygens (including phenoxy) is 3.